The molecule has 1 atom stereocenters. The lowest BCUT2D eigenvalue weighted by Gasteiger charge is -2.14. The monoisotopic (exact) mass is 337 g/mol. The van der Waals surface area contributed by atoms with Crippen LogP contribution in [0.1, 0.15) is 22.8 Å². The van der Waals surface area contributed by atoms with Crippen LogP contribution in [0.15, 0.2) is 36.4 Å². The van der Waals surface area contributed by atoms with Gasteiger partial charge in [-0.25, -0.2) is 18.0 Å². The normalized spacial score (nSPS) is 11.7. The van der Waals surface area contributed by atoms with Crippen LogP contribution in [0.25, 0.3) is 0 Å². The molecule has 0 unspecified atom stereocenters. The van der Waals surface area contributed by atoms with Crippen LogP contribution in [-0.2, 0) is 9.53 Å². The van der Waals surface area contributed by atoms with Crippen molar-refractivity contribution in [1.29, 1.82) is 0 Å². The number of benzene rings is 2. The quantitative estimate of drug-likeness (QED) is 0.868. The number of carbonyl (C=O) groups is 2. The largest absolute Gasteiger partial charge is 0.449 e. The summed E-state index contributed by atoms with van der Waals surface area (Å²) < 4.78 is 45.3. The first kappa shape index (κ1) is 17.5. The van der Waals surface area contributed by atoms with Crippen LogP contribution in [-0.4, -0.2) is 18.0 Å². The van der Waals surface area contributed by atoms with E-state index in [1.165, 1.54) is 26.0 Å². The van der Waals surface area contributed by atoms with Crippen molar-refractivity contribution in [3.8, 4) is 0 Å². The van der Waals surface area contributed by atoms with Gasteiger partial charge in [-0.1, -0.05) is 12.1 Å². The van der Waals surface area contributed by atoms with Gasteiger partial charge in [0.15, 0.2) is 6.10 Å². The number of rotatable bonds is 4. The van der Waals surface area contributed by atoms with Gasteiger partial charge in [-0.05, 0) is 43.7 Å². The van der Waals surface area contributed by atoms with Gasteiger partial charge in [-0.2, -0.15) is 0 Å². The number of ether oxygens (including phenoxy) is 1. The molecule has 2 rings (SSSR count). The van der Waals surface area contributed by atoms with E-state index in [9.17, 15) is 22.8 Å². The second-order valence-electron chi connectivity index (χ2n) is 5.10. The molecule has 1 amide bonds. The number of nitrogens with one attached hydrogen (secondary N) is 1. The van der Waals surface area contributed by atoms with Crippen molar-refractivity contribution in [2.24, 2.45) is 0 Å². The average Bonchev–Trinajstić information content (AvgIpc) is 2.53. The van der Waals surface area contributed by atoms with E-state index in [4.69, 9.17) is 4.74 Å². The molecule has 0 aliphatic rings. The number of anilines is 1. The topological polar surface area (TPSA) is 55.4 Å². The minimum atomic E-state index is -1.33. The number of carbonyl (C=O) groups excluding carboxylic acids is 2. The fraction of sp³-hybridized carbons (Fsp3) is 0.176. The molecule has 0 radical (unpaired) electrons. The van der Waals surface area contributed by atoms with Crippen molar-refractivity contribution in [1.82, 2.24) is 0 Å². The Bertz CT molecular complexity index is 772. The van der Waals surface area contributed by atoms with Crippen LogP contribution in [0.4, 0.5) is 18.9 Å². The van der Waals surface area contributed by atoms with Crippen LogP contribution in [0.3, 0.4) is 0 Å². The van der Waals surface area contributed by atoms with E-state index in [1.807, 2.05) is 5.32 Å². The highest BCUT2D eigenvalue weighted by Gasteiger charge is 2.21. The van der Waals surface area contributed by atoms with Crippen molar-refractivity contribution in [2.75, 3.05) is 5.32 Å². The second-order valence-corrected chi connectivity index (χ2v) is 5.10. The highest BCUT2D eigenvalue weighted by atomic mass is 19.1. The maximum absolute atomic E-state index is 13.5. The molecule has 4 nitrogen and oxygen atoms in total. The van der Waals surface area contributed by atoms with Crippen molar-refractivity contribution in [2.45, 2.75) is 20.0 Å². The summed E-state index contributed by atoms with van der Waals surface area (Å²) in [4.78, 5) is 23.8. The number of esters is 1. The maximum Gasteiger partial charge on any atom is 0.339 e. The molecule has 0 saturated heterocycles. The Balaban J connectivity index is 2.05. The van der Waals surface area contributed by atoms with Gasteiger partial charge in [0.25, 0.3) is 5.91 Å². The SMILES string of the molecule is Cc1ccc(C(=O)O[C@@H](C)C(=O)Nc2c(F)cccc2F)cc1F. The molecule has 0 fully saturated rings. The zero-order valence-electron chi connectivity index (χ0n) is 12.9. The van der Waals surface area contributed by atoms with E-state index in [1.54, 1.807) is 0 Å². The Morgan fingerprint density at radius 2 is 1.67 bits per heavy atom. The fourth-order valence-electron chi connectivity index (χ4n) is 1.84. The summed E-state index contributed by atoms with van der Waals surface area (Å²) in [6.07, 6.45) is -1.33. The molecule has 0 aliphatic carbocycles. The summed E-state index contributed by atoms with van der Waals surface area (Å²) in [5.41, 5.74) is -0.353. The fourth-order valence-corrected chi connectivity index (χ4v) is 1.84. The third kappa shape index (κ3) is 3.92. The third-order valence-corrected chi connectivity index (χ3v) is 3.27. The number of halogens is 3. The van der Waals surface area contributed by atoms with Crippen molar-refractivity contribution >= 4 is 17.6 Å². The number of amides is 1. The first-order valence-electron chi connectivity index (χ1n) is 7.01. The molecule has 0 heterocycles. The van der Waals surface area contributed by atoms with Crippen molar-refractivity contribution in [3.05, 3.63) is 65.0 Å². The summed E-state index contributed by atoms with van der Waals surface area (Å²) in [5, 5.41) is 2.02. The van der Waals surface area contributed by atoms with Crippen LogP contribution in [0.5, 0.6) is 0 Å². The van der Waals surface area contributed by atoms with Gasteiger partial charge in [0.2, 0.25) is 0 Å². The van der Waals surface area contributed by atoms with E-state index in [0.29, 0.717) is 5.56 Å². The Kier molecular flexibility index (Phi) is 5.23. The molecule has 1 N–H and O–H groups in total. The van der Waals surface area contributed by atoms with E-state index in [0.717, 1.165) is 24.3 Å². The standard InChI is InChI=1S/C17H14F3NO3/c1-9-6-7-11(8-14(9)20)17(23)24-10(2)16(22)21-15-12(18)4-3-5-13(15)19/h3-8,10H,1-2H3,(H,21,22)/t10-/m0/s1. The summed E-state index contributed by atoms with van der Waals surface area (Å²) in [7, 11) is 0. The summed E-state index contributed by atoms with van der Waals surface area (Å²) in [5.74, 6) is -4.34. The first-order chi connectivity index (χ1) is 11.3. The molecule has 24 heavy (non-hydrogen) atoms. The number of para-hydroxylation sites is 1. The maximum atomic E-state index is 13.5. The number of hydrogen-bond donors (Lipinski definition) is 1. The number of aryl methyl sites for hydroxylation is 1. The van der Waals surface area contributed by atoms with Gasteiger partial charge in [0, 0.05) is 0 Å². The molecule has 0 aromatic heterocycles. The van der Waals surface area contributed by atoms with Crippen LogP contribution in [0, 0.1) is 24.4 Å². The Morgan fingerprint density at radius 1 is 1.04 bits per heavy atom. The lowest BCUT2D eigenvalue weighted by molar-refractivity contribution is -0.123. The molecule has 0 aliphatic heterocycles. The van der Waals surface area contributed by atoms with E-state index in [-0.39, 0.29) is 5.56 Å². The molecular formula is C17H14F3NO3. The predicted octanol–water partition coefficient (Wildman–Crippen LogP) is 3.60. The Morgan fingerprint density at radius 3 is 2.25 bits per heavy atom. The van der Waals surface area contributed by atoms with E-state index >= 15 is 0 Å². The van der Waals surface area contributed by atoms with Crippen molar-refractivity contribution in [3.63, 3.8) is 0 Å². The van der Waals surface area contributed by atoms with Crippen LogP contribution >= 0.6 is 0 Å². The first-order valence-corrected chi connectivity index (χ1v) is 7.01. The summed E-state index contributed by atoms with van der Waals surface area (Å²) >= 11 is 0. The minimum absolute atomic E-state index is 0.0742. The summed E-state index contributed by atoms with van der Waals surface area (Å²) in [6.45, 7) is 2.76. The smallest absolute Gasteiger partial charge is 0.339 e. The molecular weight excluding hydrogens is 323 g/mol. The summed E-state index contributed by atoms with van der Waals surface area (Å²) in [6, 6.07) is 6.83. The lowest BCUT2D eigenvalue weighted by atomic mass is 10.1. The highest BCUT2D eigenvalue weighted by Crippen LogP contribution is 2.18. The second kappa shape index (κ2) is 7.16. The van der Waals surface area contributed by atoms with Crippen LogP contribution < -0.4 is 5.32 Å². The van der Waals surface area contributed by atoms with Gasteiger partial charge in [0.1, 0.15) is 23.1 Å². The third-order valence-electron chi connectivity index (χ3n) is 3.27. The van der Waals surface area contributed by atoms with Gasteiger partial charge < -0.3 is 10.1 Å². The lowest BCUT2D eigenvalue weighted by Crippen LogP contribution is -2.30. The Hall–Kier alpha value is -2.83. The molecule has 0 bridgehead atoms. The zero-order valence-corrected chi connectivity index (χ0v) is 12.9. The predicted molar refractivity (Wildman–Crippen MR) is 81.0 cm³/mol. The molecule has 0 spiro atoms. The van der Waals surface area contributed by atoms with Gasteiger partial charge in [-0.3, -0.25) is 4.79 Å². The van der Waals surface area contributed by atoms with Gasteiger partial charge >= 0.3 is 5.97 Å². The average molecular weight is 337 g/mol. The molecule has 0 saturated carbocycles. The number of hydrogen-bond acceptors (Lipinski definition) is 3. The molecule has 2 aromatic carbocycles. The molecule has 126 valence electrons. The van der Waals surface area contributed by atoms with E-state index in [2.05, 4.69) is 0 Å². The van der Waals surface area contributed by atoms with Gasteiger partial charge in [-0.15, -0.1) is 0 Å². The van der Waals surface area contributed by atoms with E-state index < -0.39 is 41.1 Å². The zero-order chi connectivity index (χ0) is 17.9. The molecule has 7 heteroatoms. The van der Waals surface area contributed by atoms with Gasteiger partial charge in [0.05, 0.1) is 5.56 Å². The Labute approximate surface area is 136 Å². The molecule has 2 aromatic rings. The van der Waals surface area contributed by atoms with Crippen LogP contribution in [0.2, 0.25) is 0 Å². The highest BCUT2D eigenvalue weighted by molar-refractivity contribution is 5.97. The minimum Gasteiger partial charge on any atom is -0.449 e. The van der Waals surface area contributed by atoms with Crippen molar-refractivity contribution < 1.29 is 27.5 Å².